The summed E-state index contributed by atoms with van der Waals surface area (Å²) in [5.74, 6) is 0. The number of benzene rings is 1. The highest BCUT2D eigenvalue weighted by molar-refractivity contribution is 5.99. The molecule has 3 aromatic rings. The van der Waals surface area contributed by atoms with Crippen LogP contribution in [0.15, 0.2) is 30.5 Å². The average Bonchev–Trinajstić information content (AvgIpc) is 2.90. The van der Waals surface area contributed by atoms with Crippen LogP contribution in [0.25, 0.3) is 22.0 Å². The molecule has 0 amide bonds. The van der Waals surface area contributed by atoms with Crippen molar-refractivity contribution in [2.45, 2.75) is 19.4 Å². The third-order valence-corrected chi connectivity index (χ3v) is 3.95. The molecule has 0 spiro atoms. The van der Waals surface area contributed by atoms with Crippen LogP contribution >= 0.6 is 0 Å². The minimum absolute atomic E-state index is 0.253. The Labute approximate surface area is 121 Å². The molecule has 0 atom stereocenters. The quantitative estimate of drug-likeness (QED) is 0.739. The van der Waals surface area contributed by atoms with Crippen molar-refractivity contribution in [3.8, 4) is 17.2 Å². The molecule has 0 radical (unpaired) electrons. The van der Waals surface area contributed by atoms with E-state index in [2.05, 4.69) is 11.2 Å². The number of fused-ring (bicyclic) bond motifs is 4. The minimum Gasteiger partial charge on any atom is -0.398 e. The van der Waals surface area contributed by atoms with E-state index in [1.807, 2.05) is 30.5 Å². The van der Waals surface area contributed by atoms with E-state index in [9.17, 15) is 0 Å². The predicted molar refractivity (Wildman–Crippen MR) is 80.4 cm³/mol. The van der Waals surface area contributed by atoms with Crippen molar-refractivity contribution in [3.63, 3.8) is 0 Å². The lowest BCUT2D eigenvalue weighted by Gasteiger charge is -2.18. The number of aromatic nitrogens is 3. The smallest absolute Gasteiger partial charge is 0.128 e. The molecule has 21 heavy (non-hydrogen) atoms. The van der Waals surface area contributed by atoms with Crippen molar-refractivity contribution in [3.05, 3.63) is 41.9 Å². The Bertz CT molecular complexity index is 901. The Morgan fingerprint density at radius 3 is 2.90 bits per heavy atom. The summed E-state index contributed by atoms with van der Waals surface area (Å²) in [6.45, 7) is 0.253. The van der Waals surface area contributed by atoms with Gasteiger partial charge >= 0.3 is 0 Å². The van der Waals surface area contributed by atoms with Gasteiger partial charge in [-0.15, -0.1) is 0 Å². The average molecular weight is 275 g/mol. The molecule has 5 nitrogen and oxygen atoms in total. The first-order valence-corrected chi connectivity index (χ1v) is 6.88. The summed E-state index contributed by atoms with van der Waals surface area (Å²) >= 11 is 0. The second-order valence-corrected chi connectivity index (χ2v) is 5.21. The third-order valence-electron chi connectivity index (χ3n) is 3.95. The zero-order valence-electron chi connectivity index (χ0n) is 11.4. The van der Waals surface area contributed by atoms with E-state index in [0.29, 0.717) is 0 Å². The number of anilines is 1. The van der Waals surface area contributed by atoms with Crippen molar-refractivity contribution >= 4 is 16.6 Å². The lowest BCUT2D eigenvalue weighted by atomic mass is 9.91. The fourth-order valence-corrected chi connectivity index (χ4v) is 3.02. The lowest BCUT2D eigenvalue weighted by molar-refractivity contribution is 0.688. The number of aryl methyl sites for hydroxylation is 2. The standard InChI is InChI=1S/C16H13N5/c17-7-8-21-9-11-13(20-21)5-6-14-15(11)16(18)10-3-1-2-4-12(10)19-14/h1-4,9H,5-6,8H2,(H2,18,19). The molecule has 0 unspecified atom stereocenters. The van der Waals surface area contributed by atoms with Gasteiger partial charge in [0.05, 0.1) is 28.7 Å². The maximum absolute atomic E-state index is 8.82. The highest BCUT2D eigenvalue weighted by Gasteiger charge is 2.24. The molecule has 102 valence electrons. The number of nitriles is 1. The minimum atomic E-state index is 0.253. The largest absolute Gasteiger partial charge is 0.398 e. The van der Waals surface area contributed by atoms with Crippen LogP contribution in [-0.2, 0) is 19.4 Å². The number of nitrogen functional groups attached to an aromatic ring is 1. The zero-order valence-corrected chi connectivity index (χ0v) is 11.4. The monoisotopic (exact) mass is 275 g/mol. The molecule has 0 saturated carbocycles. The van der Waals surface area contributed by atoms with Crippen LogP contribution in [0.2, 0.25) is 0 Å². The van der Waals surface area contributed by atoms with E-state index >= 15 is 0 Å². The van der Waals surface area contributed by atoms with Crippen LogP contribution in [-0.4, -0.2) is 14.8 Å². The molecule has 1 aromatic carbocycles. The summed E-state index contributed by atoms with van der Waals surface area (Å²) in [5.41, 5.74) is 12.1. The van der Waals surface area contributed by atoms with Gasteiger partial charge in [0.1, 0.15) is 6.54 Å². The molecule has 4 rings (SSSR count). The van der Waals surface area contributed by atoms with Crippen LogP contribution < -0.4 is 5.73 Å². The maximum atomic E-state index is 8.82. The summed E-state index contributed by atoms with van der Waals surface area (Å²) in [4.78, 5) is 4.75. The Hall–Kier alpha value is -2.87. The number of nitrogens with two attached hydrogens (primary N) is 1. The Kier molecular flexibility index (Phi) is 2.45. The molecule has 2 N–H and O–H groups in total. The van der Waals surface area contributed by atoms with Gasteiger partial charge in [0, 0.05) is 22.7 Å². The molecule has 2 heterocycles. The molecule has 0 bridgehead atoms. The van der Waals surface area contributed by atoms with Crippen molar-refractivity contribution in [2.24, 2.45) is 0 Å². The van der Waals surface area contributed by atoms with E-state index < -0.39 is 0 Å². The summed E-state index contributed by atoms with van der Waals surface area (Å²) in [7, 11) is 0. The first-order chi connectivity index (χ1) is 10.3. The molecule has 0 aliphatic heterocycles. The van der Waals surface area contributed by atoms with Gasteiger partial charge in [-0.25, -0.2) is 0 Å². The number of hydrogen-bond acceptors (Lipinski definition) is 4. The summed E-state index contributed by atoms with van der Waals surface area (Å²) in [6.07, 6.45) is 3.58. The van der Waals surface area contributed by atoms with E-state index in [0.717, 1.165) is 51.9 Å². The topological polar surface area (TPSA) is 80.5 Å². The Morgan fingerprint density at radius 2 is 2.05 bits per heavy atom. The summed E-state index contributed by atoms with van der Waals surface area (Å²) in [5, 5.41) is 14.3. The van der Waals surface area contributed by atoms with E-state index in [1.54, 1.807) is 4.68 Å². The first kappa shape index (κ1) is 11.9. The van der Waals surface area contributed by atoms with Gasteiger partial charge in [0.2, 0.25) is 0 Å². The van der Waals surface area contributed by atoms with Gasteiger partial charge in [-0.1, -0.05) is 18.2 Å². The maximum Gasteiger partial charge on any atom is 0.128 e. The highest BCUT2D eigenvalue weighted by Crippen LogP contribution is 2.39. The van der Waals surface area contributed by atoms with Gasteiger partial charge in [-0.3, -0.25) is 9.67 Å². The fraction of sp³-hybridized carbons (Fsp3) is 0.188. The SMILES string of the molecule is N#CCn1cc2c(n1)CCc1nc3ccccc3c(N)c1-2. The van der Waals surface area contributed by atoms with Crippen molar-refractivity contribution < 1.29 is 0 Å². The number of para-hydroxylation sites is 1. The van der Waals surface area contributed by atoms with Crippen molar-refractivity contribution in [1.82, 2.24) is 14.8 Å². The molecular formula is C16H13N5. The molecular weight excluding hydrogens is 262 g/mol. The molecule has 1 aliphatic rings. The van der Waals surface area contributed by atoms with Gasteiger partial charge in [0.25, 0.3) is 0 Å². The molecule has 0 fully saturated rings. The van der Waals surface area contributed by atoms with Crippen molar-refractivity contribution in [1.29, 1.82) is 5.26 Å². The number of rotatable bonds is 1. The van der Waals surface area contributed by atoms with Gasteiger partial charge < -0.3 is 5.73 Å². The van der Waals surface area contributed by atoms with Crippen molar-refractivity contribution in [2.75, 3.05) is 5.73 Å². The van der Waals surface area contributed by atoms with Gasteiger partial charge in [-0.2, -0.15) is 10.4 Å². The van der Waals surface area contributed by atoms with E-state index in [4.69, 9.17) is 16.0 Å². The first-order valence-electron chi connectivity index (χ1n) is 6.88. The van der Waals surface area contributed by atoms with Gasteiger partial charge in [-0.05, 0) is 18.9 Å². The number of nitrogens with zero attached hydrogens (tertiary/aromatic N) is 4. The van der Waals surface area contributed by atoms with Crippen LogP contribution in [0.5, 0.6) is 0 Å². The van der Waals surface area contributed by atoms with Crippen LogP contribution in [0, 0.1) is 11.3 Å². The second kappa shape index (κ2) is 4.32. The normalized spacial score (nSPS) is 12.7. The zero-order chi connectivity index (χ0) is 14.4. The number of hydrogen-bond donors (Lipinski definition) is 1. The van der Waals surface area contributed by atoms with E-state index in [-0.39, 0.29) is 6.54 Å². The highest BCUT2D eigenvalue weighted by atomic mass is 15.3. The molecule has 5 heteroatoms. The Morgan fingerprint density at radius 1 is 1.24 bits per heavy atom. The van der Waals surface area contributed by atoms with E-state index in [1.165, 1.54) is 0 Å². The Balaban J connectivity index is 2.01. The number of pyridine rings is 1. The fourth-order valence-electron chi connectivity index (χ4n) is 3.02. The third kappa shape index (κ3) is 1.69. The van der Waals surface area contributed by atoms with Crippen LogP contribution in [0.1, 0.15) is 11.4 Å². The predicted octanol–water partition coefficient (Wildman–Crippen LogP) is 2.30. The van der Waals surface area contributed by atoms with Gasteiger partial charge in [0.15, 0.2) is 0 Å². The lowest BCUT2D eigenvalue weighted by Crippen LogP contribution is -2.08. The summed E-state index contributed by atoms with van der Waals surface area (Å²) in [6, 6.07) is 10.0. The molecule has 2 aromatic heterocycles. The molecule has 1 aliphatic carbocycles. The second-order valence-electron chi connectivity index (χ2n) is 5.21. The summed E-state index contributed by atoms with van der Waals surface area (Å²) < 4.78 is 1.67. The van der Waals surface area contributed by atoms with Crippen LogP contribution in [0.3, 0.4) is 0 Å². The molecule has 0 saturated heterocycles. The van der Waals surface area contributed by atoms with Crippen LogP contribution in [0.4, 0.5) is 5.69 Å².